The Bertz CT molecular complexity index is 343. The summed E-state index contributed by atoms with van der Waals surface area (Å²) < 4.78 is 0. The van der Waals surface area contributed by atoms with E-state index in [2.05, 4.69) is 5.32 Å². The third-order valence-electron chi connectivity index (χ3n) is 2.51. The Labute approximate surface area is 115 Å². The highest BCUT2D eigenvalue weighted by Crippen LogP contribution is 2.12. The first-order valence-electron chi connectivity index (χ1n) is 5.81. The maximum absolute atomic E-state index is 11.6. The highest BCUT2D eigenvalue weighted by Gasteiger charge is 2.10. The average molecular weight is 272 g/mol. The molecule has 5 heteroatoms. The molecule has 0 aliphatic rings. The van der Waals surface area contributed by atoms with Crippen LogP contribution in [0.4, 0.5) is 0 Å². The highest BCUT2D eigenvalue weighted by atomic mass is 35.5. The molecule has 0 saturated carbocycles. The summed E-state index contributed by atoms with van der Waals surface area (Å²) in [6.45, 7) is 1.50. The second-order valence-electron chi connectivity index (χ2n) is 4.37. The number of hydrogen-bond acceptors (Lipinski definition) is 3. The van der Waals surface area contributed by atoms with Crippen molar-refractivity contribution < 1.29 is 4.79 Å². The van der Waals surface area contributed by atoms with Gasteiger partial charge in [-0.2, -0.15) is 0 Å². The fraction of sp³-hybridized carbons (Fsp3) is 0.462. The van der Waals surface area contributed by atoms with Gasteiger partial charge in [0, 0.05) is 25.6 Å². The zero-order valence-corrected chi connectivity index (χ0v) is 11.7. The molecule has 0 radical (unpaired) electrons. The molecule has 0 aliphatic carbocycles. The summed E-state index contributed by atoms with van der Waals surface area (Å²) in [7, 11) is 3.95. The van der Waals surface area contributed by atoms with Crippen molar-refractivity contribution in [3.8, 4) is 0 Å². The van der Waals surface area contributed by atoms with Gasteiger partial charge < -0.3 is 16.0 Å². The van der Waals surface area contributed by atoms with Crippen molar-refractivity contribution in [3.05, 3.63) is 35.9 Å². The van der Waals surface area contributed by atoms with E-state index in [4.69, 9.17) is 5.73 Å². The van der Waals surface area contributed by atoms with Crippen LogP contribution in [0.5, 0.6) is 0 Å². The van der Waals surface area contributed by atoms with Gasteiger partial charge in [0.2, 0.25) is 5.91 Å². The lowest BCUT2D eigenvalue weighted by Crippen LogP contribution is -2.33. The molecule has 1 rings (SSSR count). The maximum Gasteiger partial charge on any atom is 0.221 e. The van der Waals surface area contributed by atoms with Crippen LogP contribution in [0, 0.1) is 0 Å². The van der Waals surface area contributed by atoms with Crippen molar-refractivity contribution in [3.63, 3.8) is 0 Å². The Morgan fingerprint density at radius 3 is 2.50 bits per heavy atom. The van der Waals surface area contributed by atoms with Gasteiger partial charge in [-0.25, -0.2) is 0 Å². The zero-order valence-electron chi connectivity index (χ0n) is 10.9. The molecule has 0 bridgehead atoms. The molecule has 0 spiro atoms. The number of nitrogens with one attached hydrogen (secondary N) is 1. The zero-order chi connectivity index (χ0) is 12.7. The molecule has 0 saturated heterocycles. The van der Waals surface area contributed by atoms with E-state index in [1.807, 2.05) is 49.3 Å². The van der Waals surface area contributed by atoms with Gasteiger partial charge in [-0.05, 0) is 19.7 Å². The van der Waals surface area contributed by atoms with Gasteiger partial charge in [-0.1, -0.05) is 30.3 Å². The van der Waals surface area contributed by atoms with Gasteiger partial charge >= 0.3 is 0 Å². The molecular formula is C13H22ClN3O. The molecule has 1 aromatic rings. The maximum atomic E-state index is 11.6. The van der Waals surface area contributed by atoms with Crippen LogP contribution < -0.4 is 11.1 Å². The predicted molar refractivity (Wildman–Crippen MR) is 76.8 cm³/mol. The van der Waals surface area contributed by atoms with Gasteiger partial charge in [-0.15, -0.1) is 12.4 Å². The van der Waals surface area contributed by atoms with Gasteiger partial charge in [0.25, 0.3) is 0 Å². The summed E-state index contributed by atoms with van der Waals surface area (Å²) >= 11 is 0. The van der Waals surface area contributed by atoms with Crippen LogP contribution >= 0.6 is 12.4 Å². The lowest BCUT2D eigenvalue weighted by Gasteiger charge is -2.13. The molecular weight excluding hydrogens is 250 g/mol. The van der Waals surface area contributed by atoms with Crippen molar-refractivity contribution in [2.75, 3.05) is 27.2 Å². The lowest BCUT2D eigenvalue weighted by molar-refractivity contribution is -0.121. The van der Waals surface area contributed by atoms with Crippen molar-refractivity contribution in [2.45, 2.75) is 12.5 Å². The van der Waals surface area contributed by atoms with Crippen LogP contribution in [0.3, 0.4) is 0 Å². The second kappa shape index (κ2) is 8.91. The molecule has 4 nitrogen and oxygen atoms in total. The van der Waals surface area contributed by atoms with Gasteiger partial charge in [0.05, 0.1) is 0 Å². The van der Waals surface area contributed by atoms with Crippen molar-refractivity contribution >= 4 is 18.3 Å². The molecule has 0 aliphatic heterocycles. The van der Waals surface area contributed by atoms with Crippen LogP contribution in [0.15, 0.2) is 30.3 Å². The normalized spacial score (nSPS) is 11.8. The molecule has 0 aromatic heterocycles. The quantitative estimate of drug-likeness (QED) is 0.817. The smallest absolute Gasteiger partial charge is 0.221 e. The first kappa shape index (κ1) is 16.9. The first-order valence-corrected chi connectivity index (χ1v) is 5.81. The third-order valence-corrected chi connectivity index (χ3v) is 2.51. The Morgan fingerprint density at radius 1 is 1.33 bits per heavy atom. The van der Waals surface area contributed by atoms with E-state index in [1.54, 1.807) is 0 Å². The van der Waals surface area contributed by atoms with Gasteiger partial charge in [-0.3, -0.25) is 4.79 Å². The van der Waals surface area contributed by atoms with Crippen molar-refractivity contribution in [1.82, 2.24) is 10.2 Å². The van der Waals surface area contributed by atoms with Crippen LogP contribution in [0.25, 0.3) is 0 Å². The van der Waals surface area contributed by atoms with Crippen molar-refractivity contribution in [1.29, 1.82) is 0 Å². The number of rotatable bonds is 6. The molecule has 1 amide bonds. The summed E-state index contributed by atoms with van der Waals surface area (Å²) in [6.07, 6.45) is 0.331. The van der Waals surface area contributed by atoms with E-state index in [1.165, 1.54) is 0 Å². The van der Waals surface area contributed by atoms with Crippen molar-refractivity contribution in [2.24, 2.45) is 5.73 Å². The number of hydrogen-bond donors (Lipinski definition) is 2. The number of nitrogens with zero attached hydrogens (tertiary/aromatic N) is 1. The topological polar surface area (TPSA) is 58.4 Å². The van der Waals surface area contributed by atoms with E-state index in [0.717, 1.165) is 12.1 Å². The number of nitrogens with two attached hydrogens (primary N) is 1. The Balaban J connectivity index is 0.00000289. The molecule has 0 heterocycles. The molecule has 3 N–H and O–H groups in total. The molecule has 18 heavy (non-hydrogen) atoms. The summed E-state index contributed by atoms with van der Waals surface area (Å²) in [5, 5.41) is 2.85. The summed E-state index contributed by atoms with van der Waals surface area (Å²) in [5.74, 6) is 0.00297. The van der Waals surface area contributed by atoms with Gasteiger partial charge in [0.15, 0.2) is 0 Å². The molecule has 0 fully saturated rings. The monoisotopic (exact) mass is 271 g/mol. The minimum Gasteiger partial charge on any atom is -0.355 e. The second-order valence-corrected chi connectivity index (χ2v) is 4.37. The van der Waals surface area contributed by atoms with E-state index in [-0.39, 0.29) is 24.4 Å². The molecule has 102 valence electrons. The van der Waals surface area contributed by atoms with E-state index in [9.17, 15) is 4.79 Å². The van der Waals surface area contributed by atoms with Crippen LogP contribution in [0.1, 0.15) is 18.0 Å². The number of carbonyl (C=O) groups is 1. The number of amides is 1. The summed E-state index contributed by atoms with van der Waals surface area (Å²) in [6, 6.07) is 9.46. The fourth-order valence-corrected chi connectivity index (χ4v) is 1.51. The van der Waals surface area contributed by atoms with Crippen LogP contribution in [-0.4, -0.2) is 38.0 Å². The van der Waals surface area contributed by atoms with Crippen LogP contribution in [0.2, 0.25) is 0 Å². The lowest BCUT2D eigenvalue weighted by atomic mass is 10.0. The molecule has 1 aromatic carbocycles. The number of halogens is 1. The largest absolute Gasteiger partial charge is 0.355 e. The van der Waals surface area contributed by atoms with E-state index in [0.29, 0.717) is 13.0 Å². The average Bonchev–Trinajstić information content (AvgIpc) is 2.29. The third kappa shape index (κ3) is 6.59. The number of benzene rings is 1. The minimum atomic E-state index is -0.226. The standard InChI is InChI=1S/C13H21N3O.ClH/c1-16(2)9-8-15-13(17)10-12(14)11-6-4-3-5-7-11;/h3-7,12H,8-10,14H2,1-2H3,(H,15,17);1H. The summed E-state index contributed by atoms with van der Waals surface area (Å²) in [5.41, 5.74) is 6.95. The molecule has 1 atom stereocenters. The molecule has 1 unspecified atom stereocenters. The SMILES string of the molecule is CN(C)CCNC(=O)CC(N)c1ccccc1.Cl. The summed E-state index contributed by atoms with van der Waals surface area (Å²) in [4.78, 5) is 13.6. The van der Waals surface area contributed by atoms with E-state index >= 15 is 0 Å². The minimum absolute atomic E-state index is 0. The van der Waals surface area contributed by atoms with Gasteiger partial charge in [0.1, 0.15) is 0 Å². The van der Waals surface area contributed by atoms with E-state index < -0.39 is 0 Å². The predicted octanol–water partition coefficient (Wildman–Crippen LogP) is 1.18. The Kier molecular flexibility index (Phi) is 8.37. The van der Waals surface area contributed by atoms with Crippen LogP contribution in [-0.2, 0) is 4.79 Å². The number of carbonyl (C=O) groups excluding carboxylic acids is 1. The number of likely N-dealkylation sites (N-methyl/N-ethyl adjacent to an activating group) is 1. The Hall–Kier alpha value is -1.10. The first-order chi connectivity index (χ1) is 8.09. The fourth-order valence-electron chi connectivity index (χ4n) is 1.51. The highest BCUT2D eigenvalue weighted by molar-refractivity contribution is 5.85. The Morgan fingerprint density at radius 2 is 1.94 bits per heavy atom.